The largest absolute Gasteiger partial charge is 0.388 e. The van der Waals surface area contributed by atoms with E-state index in [1.54, 1.807) is 10.7 Å². The lowest BCUT2D eigenvalue weighted by Gasteiger charge is -2.14. The third-order valence-corrected chi connectivity index (χ3v) is 4.51. The van der Waals surface area contributed by atoms with Crippen molar-refractivity contribution in [2.24, 2.45) is 7.05 Å². The number of aryl methyl sites for hydroxylation is 3. The van der Waals surface area contributed by atoms with E-state index in [1.165, 1.54) is 0 Å². The van der Waals surface area contributed by atoms with Crippen molar-refractivity contribution in [2.75, 3.05) is 0 Å². The Morgan fingerprint density at radius 1 is 1.42 bits per heavy atom. The van der Waals surface area contributed by atoms with E-state index in [2.05, 4.69) is 21.0 Å². The van der Waals surface area contributed by atoms with Gasteiger partial charge in [-0.15, -0.1) is 0 Å². The molecule has 0 amide bonds. The second-order valence-electron chi connectivity index (χ2n) is 4.69. The Morgan fingerprint density at radius 2 is 2.11 bits per heavy atom. The van der Waals surface area contributed by atoms with E-state index in [4.69, 9.17) is 11.6 Å². The zero-order valence-electron chi connectivity index (χ0n) is 11.1. The molecule has 0 radical (unpaired) electrons. The van der Waals surface area contributed by atoms with Crippen molar-refractivity contribution in [1.82, 2.24) is 9.78 Å². The summed E-state index contributed by atoms with van der Waals surface area (Å²) in [6.45, 7) is 3.89. The summed E-state index contributed by atoms with van der Waals surface area (Å²) >= 11 is 9.45. The minimum atomic E-state index is -0.566. The van der Waals surface area contributed by atoms with Gasteiger partial charge in [0.1, 0.15) is 0 Å². The van der Waals surface area contributed by atoms with Crippen molar-refractivity contribution in [1.29, 1.82) is 0 Å². The highest BCUT2D eigenvalue weighted by Gasteiger charge is 2.17. The van der Waals surface area contributed by atoms with Gasteiger partial charge in [0, 0.05) is 18.5 Å². The summed E-state index contributed by atoms with van der Waals surface area (Å²) in [5, 5.41) is 15.4. The van der Waals surface area contributed by atoms with Crippen LogP contribution >= 0.6 is 27.5 Å². The Kier molecular flexibility index (Phi) is 4.33. The molecule has 1 atom stereocenters. The average Bonchev–Trinajstić information content (AvgIpc) is 2.56. The van der Waals surface area contributed by atoms with Gasteiger partial charge in [0.15, 0.2) is 0 Å². The number of hydrogen-bond donors (Lipinski definition) is 1. The molecular weight excluding hydrogens is 328 g/mol. The highest BCUT2D eigenvalue weighted by atomic mass is 79.9. The monoisotopic (exact) mass is 342 g/mol. The van der Waals surface area contributed by atoms with Crippen LogP contribution in [0.4, 0.5) is 0 Å². The molecule has 0 aliphatic carbocycles. The quantitative estimate of drug-likeness (QED) is 0.922. The molecule has 0 saturated carbocycles. The summed E-state index contributed by atoms with van der Waals surface area (Å²) in [6, 6.07) is 5.54. The molecule has 102 valence electrons. The standard InChI is InChI=1S/C14H16BrClN2O/c1-8-6-10(16)4-5-11(8)13(19)7-12-14(15)9(2)17-18(12)3/h4-6,13,19H,7H2,1-3H3. The SMILES string of the molecule is Cc1cc(Cl)ccc1C(O)Cc1c(Br)c(C)nn1C. The van der Waals surface area contributed by atoms with E-state index in [0.717, 1.165) is 27.0 Å². The second-order valence-corrected chi connectivity index (χ2v) is 5.92. The van der Waals surface area contributed by atoms with Crippen LogP contribution in [0.25, 0.3) is 0 Å². The number of aromatic nitrogens is 2. The van der Waals surface area contributed by atoms with Crippen molar-refractivity contribution in [2.45, 2.75) is 26.4 Å². The molecule has 19 heavy (non-hydrogen) atoms. The van der Waals surface area contributed by atoms with Crippen LogP contribution in [0.2, 0.25) is 5.02 Å². The molecule has 0 saturated heterocycles. The zero-order valence-corrected chi connectivity index (χ0v) is 13.5. The van der Waals surface area contributed by atoms with E-state index in [0.29, 0.717) is 11.4 Å². The second kappa shape index (κ2) is 5.65. The smallest absolute Gasteiger partial charge is 0.0848 e. The number of hydrogen-bond acceptors (Lipinski definition) is 2. The van der Waals surface area contributed by atoms with Gasteiger partial charge in [-0.2, -0.15) is 5.10 Å². The Morgan fingerprint density at radius 3 is 2.63 bits per heavy atom. The number of aliphatic hydroxyl groups excluding tert-OH is 1. The summed E-state index contributed by atoms with van der Waals surface area (Å²) in [7, 11) is 1.88. The van der Waals surface area contributed by atoms with Gasteiger partial charge in [0.05, 0.1) is 22.0 Å². The predicted molar refractivity (Wildman–Crippen MR) is 80.5 cm³/mol. The maximum Gasteiger partial charge on any atom is 0.0848 e. The number of aliphatic hydroxyl groups is 1. The summed E-state index contributed by atoms with van der Waals surface area (Å²) in [4.78, 5) is 0. The van der Waals surface area contributed by atoms with Crippen LogP contribution in [0, 0.1) is 13.8 Å². The molecule has 2 rings (SSSR count). The molecule has 0 spiro atoms. The molecule has 3 nitrogen and oxygen atoms in total. The number of halogens is 2. The molecule has 0 aliphatic rings. The first-order valence-electron chi connectivity index (χ1n) is 6.02. The lowest BCUT2D eigenvalue weighted by molar-refractivity contribution is 0.175. The molecule has 0 aliphatic heterocycles. The van der Waals surface area contributed by atoms with Crippen molar-refractivity contribution >= 4 is 27.5 Å². The van der Waals surface area contributed by atoms with E-state index in [-0.39, 0.29) is 0 Å². The van der Waals surface area contributed by atoms with Crippen molar-refractivity contribution < 1.29 is 5.11 Å². The first-order chi connectivity index (χ1) is 8.90. The van der Waals surface area contributed by atoms with E-state index < -0.39 is 6.10 Å². The predicted octanol–water partition coefficient (Wildman–Crippen LogP) is 3.73. The molecule has 1 heterocycles. The summed E-state index contributed by atoms with van der Waals surface area (Å²) in [5.41, 5.74) is 3.81. The van der Waals surface area contributed by atoms with Crippen LogP contribution in [0.3, 0.4) is 0 Å². The van der Waals surface area contributed by atoms with Gasteiger partial charge in [-0.1, -0.05) is 17.7 Å². The summed E-state index contributed by atoms with van der Waals surface area (Å²) < 4.78 is 2.76. The van der Waals surface area contributed by atoms with E-state index >= 15 is 0 Å². The Balaban J connectivity index is 2.28. The Bertz CT molecular complexity index is 610. The topological polar surface area (TPSA) is 38.1 Å². The average molecular weight is 344 g/mol. The van der Waals surface area contributed by atoms with Crippen molar-refractivity contribution in [3.63, 3.8) is 0 Å². The fourth-order valence-corrected chi connectivity index (χ4v) is 2.93. The third-order valence-electron chi connectivity index (χ3n) is 3.24. The normalized spacial score (nSPS) is 12.7. The van der Waals surface area contributed by atoms with Gasteiger partial charge in [0.2, 0.25) is 0 Å². The van der Waals surface area contributed by atoms with Crippen LogP contribution in [0.5, 0.6) is 0 Å². The first-order valence-corrected chi connectivity index (χ1v) is 7.19. The minimum Gasteiger partial charge on any atom is -0.388 e. The van der Waals surface area contributed by atoms with Gasteiger partial charge in [-0.05, 0) is 53.0 Å². The molecule has 0 fully saturated rings. The fourth-order valence-electron chi connectivity index (χ4n) is 2.21. The highest BCUT2D eigenvalue weighted by molar-refractivity contribution is 9.10. The lowest BCUT2D eigenvalue weighted by atomic mass is 10.00. The van der Waals surface area contributed by atoms with Crippen LogP contribution in [-0.4, -0.2) is 14.9 Å². The fraction of sp³-hybridized carbons (Fsp3) is 0.357. The van der Waals surface area contributed by atoms with Crippen LogP contribution < -0.4 is 0 Å². The molecule has 1 N–H and O–H groups in total. The van der Waals surface area contributed by atoms with Gasteiger partial charge < -0.3 is 5.11 Å². The van der Waals surface area contributed by atoms with Crippen molar-refractivity contribution in [3.05, 3.63) is 50.2 Å². The maximum absolute atomic E-state index is 10.4. The summed E-state index contributed by atoms with van der Waals surface area (Å²) in [6.07, 6.45) is -0.0520. The molecule has 0 bridgehead atoms. The maximum atomic E-state index is 10.4. The minimum absolute atomic E-state index is 0.514. The van der Waals surface area contributed by atoms with E-state index in [1.807, 2.05) is 33.0 Å². The first kappa shape index (κ1) is 14.6. The Labute approximate surface area is 126 Å². The van der Waals surface area contributed by atoms with Gasteiger partial charge in [-0.25, -0.2) is 0 Å². The van der Waals surface area contributed by atoms with Crippen LogP contribution in [0.1, 0.15) is 28.6 Å². The Hall–Kier alpha value is -0.840. The van der Waals surface area contributed by atoms with Crippen LogP contribution in [0.15, 0.2) is 22.7 Å². The molecular formula is C14H16BrClN2O. The molecule has 1 aromatic heterocycles. The summed E-state index contributed by atoms with van der Waals surface area (Å²) in [5.74, 6) is 0. The van der Waals surface area contributed by atoms with Gasteiger partial charge in [0.25, 0.3) is 0 Å². The molecule has 5 heteroatoms. The lowest BCUT2D eigenvalue weighted by Crippen LogP contribution is -2.08. The number of nitrogens with zero attached hydrogens (tertiary/aromatic N) is 2. The zero-order chi connectivity index (χ0) is 14.2. The van der Waals surface area contributed by atoms with Gasteiger partial charge in [-0.3, -0.25) is 4.68 Å². The highest BCUT2D eigenvalue weighted by Crippen LogP contribution is 2.28. The van der Waals surface area contributed by atoms with Gasteiger partial charge >= 0.3 is 0 Å². The van der Waals surface area contributed by atoms with Crippen LogP contribution in [-0.2, 0) is 13.5 Å². The molecule has 2 aromatic rings. The third kappa shape index (κ3) is 3.02. The molecule has 1 unspecified atom stereocenters. The van der Waals surface area contributed by atoms with E-state index in [9.17, 15) is 5.11 Å². The molecule has 1 aromatic carbocycles. The number of rotatable bonds is 3. The number of benzene rings is 1. The van der Waals surface area contributed by atoms with Crippen molar-refractivity contribution in [3.8, 4) is 0 Å².